The summed E-state index contributed by atoms with van der Waals surface area (Å²) in [5.74, 6) is -0.430. The minimum Gasteiger partial charge on any atom is -0.340 e. The summed E-state index contributed by atoms with van der Waals surface area (Å²) in [6, 6.07) is 10.6. The Kier molecular flexibility index (Phi) is 8.63. The van der Waals surface area contributed by atoms with Crippen LogP contribution >= 0.6 is 22.9 Å². The Bertz CT molecular complexity index is 854. The van der Waals surface area contributed by atoms with Crippen molar-refractivity contribution in [2.24, 2.45) is 0 Å². The Morgan fingerprint density at radius 2 is 1.62 bits per heavy atom. The SMILES string of the molecule is CCN(CC(=O)Nc1ccc(NC(C)=O)cc1)CC(=O)N(C)Cc1ccc(Cl)s1. The van der Waals surface area contributed by atoms with Crippen molar-refractivity contribution >= 4 is 52.0 Å². The predicted molar refractivity (Wildman–Crippen MR) is 117 cm³/mol. The van der Waals surface area contributed by atoms with Crippen LogP contribution in [0.25, 0.3) is 0 Å². The first-order valence-electron chi connectivity index (χ1n) is 9.15. The van der Waals surface area contributed by atoms with E-state index in [2.05, 4.69) is 10.6 Å². The number of carbonyl (C=O) groups is 3. The fourth-order valence-electron chi connectivity index (χ4n) is 2.59. The fourth-order valence-corrected chi connectivity index (χ4v) is 3.74. The average Bonchev–Trinajstić information content (AvgIpc) is 3.06. The molecule has 0 spiro atoms. The first-order chi connectivity index (χ1) is 13.8. The highest BCUT2D eigenvalue weighted by Gasteiger charge is 2.17. The Hall–Kier alpha value is -2.42. The second-order valence-electron chi connectivity index (χ2n) is 6.57. The Labute approximate surface area is 179 Å². The van der Waals surface area contributed by atoms with Crippen molar-refractivity contribution in [1.29, 1.82) is 0 Å². The number of thiophene rings is 1. The standard InChI is InChI=1S/C20H25ClN4O3S/c1-4-25(13-20(28)24(3)11-17-9-10-18(21)29-17)12-19(27)23-16-7-5-15(6-8-16)22-14(2)26/h5-10H,4,11-13H2,1-3H3,(H,22,26)(H,23,27). The highest BCUT2D eigenvalue weighted by atomic mass is 35.5. The van der Waals surface area contributed by atoms with Crippen molar-refractivity contribution in [3.05, 3.63) is 45.6 Å². The summed E-state index contributed by atoms with van der Waals surface area (Å²) in [5.41, 5.74) is 1.28. The van der Waals surface area contributed by atoms with Gasteiger partial charge in [0.15, 0.2) is 0 Å². The number of nitrogens with one attached hydrogen (secondary N) is 2. The minimum atomic E-state index is -0.209. The zero-order valence-corrected chi connectivity index (χ0v) is 18.3. The molecule has 0 aliphatic rings. The van der Waals surface area contributed by atoms with Gasteiger partial charge in [0.25, 0.3) is 0 Å². The monoisotopic (exact) mass is 436 g/mol. The van der Waals surface area contributed by atoms with E-state index >= 15 is 0 Å². The summed E-state index contributed by atoms with van der Waals surface area (Å²) in [4.78, 5) is 40.3. The number of anilines is 2. The summed E-state index contributed by atoms with van der Waals surface area (Å²) in [6.45, 7) is 4.65. The van der Waals surface area contributed by atoms with Gasteiger partial charge in [0.1, 0.15) is 0 Å². The van der Waals surface area contributed by atoms with Crippen LogP contribution in [-0.4, -0.2) is 54.2 Å². The maximum atomic E-state index is 12.5. The molecule has 0 fully saturated rings. The molecule has 29 heavy (non-hydrogen) atoms. The number of hydrogen-bond donors (Lipinski definition) is 2. The van der Waals surface area contributed by atoms with Crippen LogP contribution in [0.1, 0.15) is 18.7 Å². The maximum absolute atomic E-state index is 12.5. The molecule has 2 aromatic rings. The van der Waals surface area contributed by atoms with Gasteiger partial charge in [0, 0.05) is 30.2 Å². The second kappa shape index (κ2) is 10.9. The lowest BCUT2D eigenvalue weighted by molar-refractivity contribution is -0.132. The van der Waals surface area contributed by atoms with Crippen LogP contribution in [-0.2, 0) is 20.9 Å². The van der Waals surface area contributed by atoms with Crippen molar-refractivity contribution in [2.75, 3.05) is 37.3 Å². The molecule has 156 valence electrons. The Balaban J connectivity index is 1.83. The van der Waals surface area contributed by atoms with E-state index < -0.39 is 0 Å². The molecule has 0 bridgehead atoms. The normalized spacial score (nSPS) is 10.7. The van der Waals surface area contributed by atoms with Crippen LogP contribution in [0.2, 0.25) is 4.34 Å². The lowest BCUT2D eigenvalue weighted by Crippen LogP contribution is -2.41. The highest BCUT2D eigenvalue weighted by molar-refractivity contribution is 7.16. The molecule has 1 aromatic heterocycles. The Morgan fingerprint density at radius 3 is 2.14 bits per heavy atom. The van der Waals surface area contributed by atoms with Crippen LogP contribution in [0, 0.1) is 0 Å². The van der Waals surface area contributed by atoms with E-state index in [0.717, 1.165) is 4.88 Å². The van der Waals surface area contributed by atoms with Crippen LogP contribution in [0.5, 0.6) is 0 Å². The topological polar surface area (TPSA) is 81.8 Å². The van der Waals surface area contributed by atoms with Crippen molar-refractivity contribution in [3.63, 3.8) is 0 Å². The van der Waals surface area contributed by atoms with Gasteiger partial charge < -0.3 is 15.5 Å². The van der Waals surface area contributed by atoms with Crippen LogP contribution in [0.3, 0.4) is 0 Å². The van der Waals surface area contributed by atoms with Crippen LogP contribution < -0.4 is 10.6 Å². The maximum Gasteiger partial charge on any atom is 0.238 e. The van der Waals surface area contributed by atoms with Gasteiger partial charge >= 0.3 is 0 Å². The van der Waals surface area contributed by atoms with Gasteiger partial charge in [-0.2, -0.15) is 0 Å². The molecule has 0 atom stereocenters. The van der Waals surface area contributed by atoms with E-state index in [0.29, 0.717) is 28.8 Å². The van der Waals surface area contributed by atoms with Crippen molar-refractivity contribution in [2.45, 2.75) is 20.4 Å². The third kappa shape index (κ3) is 7.84. The molecule has 1 heterocycles. The molecule has 0 aliphatic heterocycles. The largest absolute Gasteiger partial charge is 0.340 e. The van der Waals surface area contributed by atoms with Crippen LogP contribution in [0.15, 0.2) is 36.4 Å². The predicted octanol–water partition coefficient (Wildman–Crippen LogP) is 3.28. The third-order valence-corrected chi connectivity index (χ3v) is 5.33. The molecule has 0 saturated heterocycles. The van der Waals surface area contributed by atoms with Gasteiger partial charge in [-0.3, -0.25) is 19.3 Å². The van der Waals surface area contributed by atoms with Crippen molar-refractivity contribution in [1.82, 2.24) is 9.80 Å². The van der Waals surface area contributed by atoms with Gasteiger partial charge in [-0.25, -0.2) is 0 Å². The molecule has 2 N–H and O–H groups in total. The van der Waals surface area contributed by atoms with E-state index in [1.165, 1.54) is 18.3 Å². The summed E-state index contributed by atoms with van der Waals surface area (Å²) in [6.07, 6.45) is 0. The highest BCUT2D eigenvalue weighted by Crippen LogP contribution is 2.22. The molecule has 0 unspecified atom stereocenters. The minimum absolute atomic E-state index is 0.0659. The number of rotatable bonds is 9. The van der Waals surface area contributed by atoms with Crippen molar-refractivity contribution in [3.8, 4) is 0 Å². The summed E-state index contributed by atoms with van der Waals surface area (Å²) < 4.78 is 0.692. The Morgan fingerprint density at radius 1 is 1.00 bits per heavy atom. The van der Waals surface area contributed by atoms with Crippen LogP contribution in [0.4, 0.5) is 11.4 Å². The van der Waals surface area contributed by atoms with E-state index in [1.807, 2.05) is 19.1 Å². The molecule has 2 rings (SSSR count). The molecular formula is C20H25ClN4O3S. The number of nitrogens with zero attached hydrogens (tertiary/aromatic N) is 2. The smallest absolute Gasteiger partial charge is 0.238 e. The molecular weight excluding hydrogens is 412 g/mol. The van der Waals surface area contributed by atoms with E-state index in [-0.39, 0.29) is 30.8 Å². The average molecular weight is 437 g/mol. The van der Waals surface area contributed by atoms with Gasteiger partial charge in [0.05, 0.1) is 24.0 Å². The lowest BCUT2D eigenvalue weighted by atomic mass is 10.2. The number of benzene rings is 1. The van der Waals surface area contributed by atoms with Gasteiger partial charge in [-0.15, -0.1) is 11.3 Å². The molecule has 3 amide bonds. The van der Waals surface area contributed by atoms with Gasteiger partial charge in [-0.05, 0) is 42.9 Å². The molecule has 7 nitrogen and oxygen atoms in total. The van der Waals surface area contributed by atoms with Gasteiger partial charge in [-0.1, -0.05) is 18.5 Å². The zero-order valence-electron chi connectivity index (χ0n) is 16.7. The van der Waals surface area contributed by atoms with E-state index in [9.17, 15) is 14.4 Å². The van der Waals surface area contributed by atoms with Crippen molar-refractivity contribution < 1.29 is 14.4 Å². The third-order valence-electron chi connectivity index (χ3n) is 4.11. The number of amides is 3. The summed E-state index contributed by atoms with van der Waals surface area (Å²) in [5, 5.41) is 5.47. The number of hydrogen-bond acceptors (Lipinski definition) is 5. The zero-order chi connectivity index (χ0) is 21.4. The first kappa shape index (κ1) is 22.9. The number of halogens is 1. The number of carbonyl (C=O) groups excluding carboxylic acids is 3. The molecule has 0 saturated carbocycles. The quantitative estimate of drug-likeness (QED) is 0.632. The van der Waals surface area contributed by atoms with E-state index in [1.54, 1.807) is 41.1 Å². The second-order valence-corrected chi connectivity index (χ2v) is 8.37. The van der Waals surface area contributed by atoms with E-state index in [4.69, 9.17) is 11.6 Å². The molecule has 1 aromatic carbocycles. The first-order valence-corrected chi connectivity index (χ1v) is 10.3. The molecule has 0 aliphatic carbocycles. The molecule has 9 heteroatoms. The van der Waals surface area contributed by atoms with Gasteiger partial charge in [0.2, 0.25) is 17.7 Å². The fraction of sp³-hybridized carbons (Fsp3) is 0.350. The lowest BCUT2D eigenvalue weighted by Gasteiger charge is -2.23. The summed E-state index contributed by atoms with van der Waals surface area (Å²) >= 11 is 7.37. The number of likely N-dealkylation sites (N-methyl/N-ethyl adjacent to an activating group) is 2. The summed E-state index contributed by atoms with van der Waals surface area (Å²) in [7, 11) is 1.74. The molecule has 0 radical (unpaired) electrons.